The third kappa shape index (κ3) is 1.89. The van der Waals surface area contributed by atoms with E-state index in [9.17, 15) is 4.79 Å². The van der Waals surface area contributed by atoms with E-state index in [1.54, 1.807) is 12.1 Å². The summed E-state index contributed by atoms with van der Waals surface area (Å²) in [5.41, 5.74) is 2.49. The van der Waals surface area contributed by atoms with Gasteiger partial charge in [0.05, 0.1) is 0 Å². The second-order valence-electron chi connectivity index (χ2n) is 3.96. The van der Waals surface area contributed by atoms with Crippen LogP contribution in [-0.2, 0) is 0 Å². The zero-order valence-electron chi connectivity index (χ0n) is 9.31. The Bertz CT molecular complexity index is 483. The van der Waals surface area contributed by atoms with E-state index in [2.05, 4.69) is 18.8 Å². The van der Waals surface area contributed by atoms with Gasteiger partial charge in [-0.2, -0.15) is 0 Å². The molecule has 16 heavy (non-hydrogen) atoms. The average Bonchev–Trinajstić information content (AvgIpc) is 2.78. The van der Waals surface area contributed by atoms with Gasteiger partial charge in [0.1, 0.15) is 17.7 Å². The number of hydrogen-bond donors (Lipinski definition) is 0. The summed E-state index contributed by atoms with van der Waals surface area (Å²) in [6.45, 7) is 4.12. The number of oxazole rings is 1. The number of carbonyl (C=O) groups excluding carboxylic acids is 1. The van der Waals surface area contributed by atoms with Crippen LogP contribution < -0.4 is 0 Å². The van der Waals surface area contributed by atoms with Crippen molar-refractivity contribution >= 4 is 6.29 Å². The monoisotopic (exact) mass is 215 g/mol. The molecular formula is C13H13NO2. The lowest BCUT2D eigenvalue weighted by Gasteiger charge is -2.03. The van der Waals surface area contributed by atoms with Gasteiger partial charge in [-0.3, -0.25) is 4.79 Å². The molecule has 0 aliphatic rings. The summed E-state index contributed by atoms with van der Waals surface area (Å²) in [6, 6.07) is 7.32. The predicted molar refractivity (Wildman–Crippen MR) is 61.4 cm³/mol. The summed E-state index contributed by atoms with van der Waals surface area (Å²) in [5, 5.41) is 0. The van der Waals surface area contributed by atoms with Gasteiger partial charge in [0.2, 0.25) is 0 Å². The van der Waals surface area contributed by atoms with Crippen molar-refractivity contribution in [3.8, 4) is 11.3 Å². The fourth-order valence-corrected chi connectivity index (χ4v) is 1.60. The van der Waals surface area contributed by atoms with Gasteiger partial charge in [0.25, 0.3) is 0 Å². The van der Waals surface area contributed by atoms with Crippen LogP contribution in [0.5, 0.6) is 0 Å². The van der Waals surface area contributed by atoms with E-state index >= 15 is 0 Å². The summed E-state index contributed by atoms with van der Waals surface area (Å²) >= 11 is 0. The maximum atomic E-state index is 10.5. The van der Waals surface area contributed by atoms with E-state index in [0.29, 0.717) is 11.5 Å². The highest BCUT2D eigenvalue weighted by atomic mass is 16.3. The second kappa shape index (κ2) is 4.31. The van der Waals surface area contributed by atoms with Gasteiger partial charge in [-0.1, -0.05) is 38.1 Å². The molecule has 3 heteroatoms. The molecule has 0 spiro atoms. The molecule has 2 aromatic rings. The molecule has 0 N–H and O–H groups in total. The summed E-state index contributed by atoms with van der Waals surface area (Å²) in [5.74, 6) is 1.17. The molecule has 0 fully saturated rings. The van der Waals surface area contributed by atoms with Gasteiger partial charge in [0, 0.05) is 17.0 Å². The number of aldehydes is 1. The molecule has 0 radical (unpaired) electrons. The van der Waals surface area contributed by atoms with E-state index in [0.717, 1.165) is 23.3 Å². The highest BCUT2D eigenvalue weighted by Crippen LogP contribution is 2.27. The molecule has 1 aromatic heterocycles. The van der Waals surface area contributed by atoms with Crippen LogP contribution in [0.2, 0.25) is 0 Å². The van der Waals surface area contributed by atoms with E-state index in [4.69, 9.17) is 4.42 Å². The number of benzene rings is 1. The summed E-state index contributed by atoms with van der Waals surface area (Å²) in [6.07, 6.45) is 2.29. The molecule has 1 heterocycles. The lowest BCUT2D eigenvalue weighted by atomic mass is 10.0. The van der Waals surface area contributed by atoms with Crippen LogP contribution in [0.1, 0.15) is 35.9 Å². The van der Waals surface area contributed by atoms with Crippen molar-refractivity contribution in [3.63, 3.8) is 0 Å². The van der Waals surface area contributed by atoms with Crippen LogP contribution in [0.3, 0.4) is 0 Å². The Morgan fingerprint density at radius 2 is 1.94 bits per heavy atom. The molecule has 0 saturated heterocycles. The first-order valence-corrected chi connectivity index (χ1v) is 5.21. The Kier molecular flexibility index (Phi) is 2.86. The first kappa shape index (κ1) is 10.6. The largest absolute Gasteiger partial charge is 0.448 e. The predicted octanol–water partition coefficient (Wildman–Crippen LogP) is 3.28. The summed E-state index contributed by atoms with van der Waals surface area (Å²) in [7, 11) is 0. The fraction of sp³-hybridized carbons (Fsp3) is 0.231. The minimum absolute atomic E-state index is 0.295. The minimum atomic E-state index is 0.295. The van der Waals surface area contributed by atoms with Gasteiger partial charge < -0.3 is 4.42 Å². The van der Waals surface area contributed by atoms with Crippen molar-refractivity contribution in [2.45, 2.75) is 19.8 Å². The molecule has 0 bridgehead atoms. The Morgan fingerprint density at radius 1 is 1.25 bits per heavy atom. The van der Waals surface area contributed by atoms with Crippen molar-refractivity contribution in [1.82, 2.24) is 4.98 Å². The molecule has 0 atom stereocenters. The van der Waals surface area contributed by atoms with Crippen LogP contribution in [0.25, 0.3) is 11.3 Å². The van der Waals surface area contributed by atoms with Crippen molar-refractivity contribution in [1.29, 1.82) is 0 Å². The van der Waals surface area contributed by atoms with Gasteiger partial charge >= 0.3 is 0 Å². The first-order chi connectivity index (χ1) is 7.72. The quantitative estimate of drug-likeness (QED) is 0.738. The summed E-state index contributed by atoms with van der Waals surface area (Å²) in [4.78, 5) is 14.8. The zero-order chi connectivity index (χ0) is 11.5. The smallest absolute Gasteiger partial charge is 0.181 e. The lowest BCUT2D eigenvalue weighted by molar-refractivity contribution is 0.112. The van der Waals surface area contributed by atoms with E-state index in [-0.39, 0.29) is 0 Å². The number of nitrogens with zero attached hydrogens (tertiary/aromatic N) is 1. The van der Waals surface area contributed by atoms with Crippen LogP contribution in [0.15, 0.2) is 35.1 Å². The summed E-state index contributed by atoms with van der Waals surface area (Å²) < 4.78 is 5.36. The van der Waals surface area contributed by atoms with E-state index in [1.165, 1.54) is 6.39 Å². The highest BCUT2D eigenvalue weighted by molar-refractivity contribution is 5.76. The Morgan fingerprint density at radius 3 is 2.50 bits per heavy atom. The Balaban J connectivity index is 2.42. The molecule has 0 aliphatic heterocycles. The molecule has 0 amide bonds. The maximum absolute atomic E-state index is 10.5. The van der Waals surface area contributed by atoms with Gasteiger partial charge in [-0.15, -0.1) is 0 Å². The zero-order valence-corrected chi connectivity index (χ0v) is 9.31. The number of aromatic nitrogens is 1. The molecule has 0 aliphatic carbocycles. The standard InChI is InChI=1S/C13H13NO2/c1-9(2)13-12(14-8-16-13)11-5-3-10(7-15)4-6-11/h3-9H,1-2H3. The van der Waals surface area contributed by atoms with Crippen LogP contribution in [-0.4, -0.2) is 11.3 Å². The number of carbonyl (C=O) groups is 1. The molecule has 3 nitrogen and oxygen atoms in total. The van der Waals surface area contributed by atoms with Crippen LogP contribution >= 0.6 is 0 Å². The first-order valence-electron chi connectivity index (χ1n) is 5.21. The molecule has 0 saturated carbocycles. The molecule has 82 valence electrons. The topological polar surface area (TPSA) is 43.1 Å². The molecule has 2 rings (SSSR count). The Hall–Kier alpha value is -1.90. The van der Waals surface area contributed by atoms with Crippen molar-refractivity contribution in [2.24, 2.45) is 0 Å². The Labute approximate surface area is 94.1 Å². The minimum Gasteiger partial charge on any atom is -0.448 e. The fourth-order valence-electron chi connectivity index (χ4n) is 1.60. The number of hydrogen-bond acceptors (Lipinski definition) is 3. The third-order valence-electron chi connectivity index (χ3n) is 2.44. The normalized spacial score (nSPS) is 10.7. The molecular weight excluding hydrogens is 202 g/mol. The average molecular weight is 215 g/mol. The van der Waals surface area contributed by atoms with Crippen LogP contribution in [0.4, 0.5) is 0 Å². The van der Waals surface area contributed by atoms with E-state index in [1.807, 2.05) is 12.1 Å². The molecule has 0 unspecified atom stereocenters. The number of rotatable bonds is 3. The maximum Gasteiger partial charge on any atom is 0.181 e. The SMILES string of the molecule is CC(C)c1ocnc1-c1ccc(C=O)cc1. The van der Waals surface area contributed by atoms with Crippen molar-refractivity contribution in [2.75, 3.05) is 0 Å². The second-order valence-corrected chi connectivity index (χ2v) is 3.96. The molecule has 1 aromatic carbocycles. The van der Waals surface area contributed by atoms with Crippen LogP contribution in [0, 0.1) is 0 Å². The lowest BCUT2D eigenvalue weighted by Crippen LogP contribution is -1.89. The third-order valence-corrected chi connectivity index (χ3v) is 2.44. The van der Waals surface area contributed by atoms with Gasteiger partial charge in [-0.05, 0) is 0 Å². The van der Waals surface area contributed by atoms with Crippen molar-refractivity contribution < 1.29 is 9.21 Å². The van der Waals surface area contributed by atoms with Gasteiger partial charge in [0.15, 0.2) is 6.39 Å². The highest BCUT2D eigenvalue weighted by Gasteiger charge is 2.13. The van der Waals surface area contributed by atoms with Gasteiger partial charge in [-0.25, -0.2) is 4.98 Å². The van der Waals surface area contributed by atoms with Crippen molar-refractivity contribution in [3.05, 3.63) is 42.0 Å². The van der Waals surface area contributed by atoms with E-state index < -0.39 is 0 Å².